The second-order valence-electron chi connectivity index (χ2n) is 9.81. The first-order chi connectivity index (χ1) is 18.2. The Bertz CT molecular complexity index is 1360. The number of ether oxygens (including phenoxy) is 1. The molecule has 0 bridgehead atoms. The fourth-order valence-electron chi connectivity index (χ4n) is 5.31. The van der Waals surface area contributed by atoms with Crippen molar-refractivity contribution in [3.63, 3.8) is 0 Å². The molecule has 4 heterocycles. The van der Waals surface area contributed by atoms with E-state index in [-0.39, 0.29) is 5.91 Å². The molecule has 0 atom stereocenters. The van der Waals surface area contributed by atoms with E-state index in [9.17, 15) is 4.79 Å². The van der Waals surface area contributed by atoms with Gasteiger partial charge in [0, 0.05) is 62.8 Å². The van der Waals surface area contributed by atoms with Crippen LogP contribution in [-0.4, -0.2) is 50.1 Å². The molecule has 188 valence electrons. The van der Waals surface area contributed by atoms with Crippen molar-refractivity contribution >= 4 is 5.91 Å². The molecule has 2 aromatic heterocycles. The van der Waals surface area contributed by atoms with Crippen LogP contribution < -0.4 is 4.74 Å². The van der Waals surface area contributed by atoms with Crippen molar-refractivity contribution in [1.82, 2.24) is 24.6 Å². The van der Waals surface area contributed by atoms with Crippen molar-refractivity contribution in [2.75, 3.05) is 19.6 Å². The smallest absolute Gasteiger partial charge is 0.274 e. The van der Waals surface area contributed by atoms with Crippen molar-refractivity contribution < 1.29 is 9.53 Å². The van der Waals surface area contributed by atoms with E-state index in [1.807, 2.05) is 64.2 Å². The summed E-state index contributed by atoms with van der Waals surface area (Å²) in [5.41, 5.74) is 5.20. The van der Waals surface area contributed by atoms with Crippen LogP contribution in [0, 0.1) is 0 Å². The van der Waals surface area contributed by atoms with Gasteiger partial charge in [0.1, 0.15) is 11.5 Å². The monoisotopic (exact) mass is 493 g/mol. The highest BCUT2D eigenvalue weighted by atomic mass is 16.5. The van der Waals surface area contributed by atoms with Crippen molar-refractivity contribution in [1.29, 1.82) is 0 Å². The number of pyridine rings is 1. The van der Waals surface area contributed by atoms with E-state index in [1.165, 1.54) is 11.3 Å². The quantitative estimate of drug-likeness (QED) is 0.366. The number of aromatic nitrogens is 3. The number of hydrogen-bond donors (Lipinski definition) is 0. The third-order valence-corrected chi connectivity index (χ3v) is 7.17. The molecule has 0 radical (unpaired) electrons. The number of amides is 1. The van der Waals surface area contributed by atoms with Crippen LogP contribution in [0.3, 0.4) is 0 Å². The molecule has 7 nitrogen and oxygen atoms in total. The molecule has 0 N–H and O–H groups in total. The first-order valence-corrected chi connectivity index (χ1v) is 13.0. The van der Waals surface area contributed by atoms with Crippen LogP contribution in [0.15, 0.2) is 79.1 Å². The zero-order chi connectivity index (χ0) is 25.0. The van der Waals surface area contributed by atoms with Crippen molar-refractivity contribution in [3.05, 3.63) is 107 Å². The first kappa shape index (κ1) is 23.4. The molecule has 7 heteroatoms. The van der Waals surface area contributed by atoms with Crippen LogP contribution in [0.5, 0.6) is 11.5 Å². The zero-order valence-corrected chi connectivity index (χ0v) is 20.9. The van der Waals surface area contributed by atoms with Gasteiger partial charge in [-0.25, -0.2) is 0 Å². The fraction of sp³-hybridized carbons (Fsp3) is 0.300. The Morgan fingerprint density at radius 3 is 2.43 bits per heavy atom. The van der Waals surface area contributed by atoms with Crippen LogP contribution in [0.1, 0.15) is 45.7 Å². The highest BCUT2D eigenvalue weighted by molar-refractivity contribution is 5.94. The van der Waals surface area contributed by atoms with E-state index >= 15 is 0 Å². The second kappa shape index (κ2) is 10.6. The Labute approximate surface area is 217 Å². The molecule has 37 heavy (non-hydrogen) atoms. The molecule has 2 aromatic carbocycles. The maximum absolute atomic E-state index is 13.5. The first-order valence-electron chi connectivity index (χ1n) is 13.0. The molecule has 2 aliphatic rings. The lowest BCUT2D eigenvalue weighted by Crippen LogP contribution is -2.33. The number of carbonyl (C=O) groups is 1. The van der Waals surface area contributed by atoms with E-state index in [0.29, 0.717) is 18.8 Å². The summed E-state index contributed by atoms with van der Waals surface area (Å²) in [6, 6.07) is 22.1. The van der Waals surface area contributed by atoms with E-state index < -0.39 is 0 Å². The number of likely N-dealkylation sites (tertiary alicyclic amines) is 1. The molecule has 0 aliphatic carbocycles. The average molecular weight is 494 g/mol. The Hall–Kier alpha value is -3.97. The summed E-state index contributed by atoms with van der Waals surface area (Å²) in [5, 5.41) is 4.89. The molecule has 1 fully saturated rings. The average Bonchev–Trinajstić information content (AvgIpc) is 3.59. The van der Waals surface area contributed by atoms with Gasteiger partial charge in [0.15, 0.2) is 5.69 Å². The normalized spacial score (nSPS) is 15.5. The van der Waals surface area contributed by atoms with E-state index in [2.05, 4.69) is 22.0 Å². The summed E-state index contributed by atoms with van der Waals surface area (Å²) in [4.78, 5) is 22.0. The highest BCUT2D eigenvalue weighted by Gasteiger charge is 2.31. The number of rotatable bonds is 7. The summed E-state index contributed by atoms with van der Waals surface area (Å²) in [5.74, 6) is 1.73. The molecule has 0 unspecified atom stereocenters. The Morgan fingerprint density at radius 1 is 0.838 bits per heavy atom. The Kier molecular flexibility index (Phi) is 6.69. The number of fused-ring (bicyclic) bond motifs is 1. The van der Waals surface area contributed by atoms with Gasteiger partial charge in [-0.1, -0.05) is 30.3 Å². The molecular weight excluding hydrogens is 462 g/mol. The lowest BCUT2D eigenvalue weighted by molar-refractivity contribution is 0.0783. The summed E-state index contributed by atoms with van der Waals surface area (Å²) < 4.78 is 8.09. The lowest BCUT2D eigenvalue weighted by Gasteiger charge is -2.28. The summed E-state index contributed by atoms with van der Waals surface area (Å²) in [6.45, 7) is 4.71. The molecule has 1 saturated heterocycles. The van der Waals surface area contributed by atoms with Gasteiger partial charge in [-0.15, -0.1) is 0 Å². The highest BCUT2D eigenvalue weighted by Crippen LogP contribution is 2.28. The fourth-order valence-corrected chi connectivity index (χ4v) is 5.31. The van der Waals surface area contributed by atoms with Crippen molar-refractivity contribution in [2.45, 2.75) is 38.9 Å². The van der Waals surface area contributed by atoms with E-state index in [0.717, 1.165) is 68.1 Å². The molecule has 2 aliphatic heterocycles. The van der Waals surface area contributed by atoms with Gasteiger partial charge in [0.25, 0.3) is 5.91 Å². The van der Waals surface area contributed by atoms with Crippen molar-refractivity contribution in [3.8, 4) is 11.5 Å². The summed E-state index contributed by atoms with van der Waals surface area (Å²) in [6.07, 6.45) is 6.61. The number of para-hydroxylation sites is 1. The SMILES string of the molecule is O=C(c1nn(Cc2ccncc2)c2c1CN(Cc1cccc(Oc3ccccc3)c1)CC2)N1CCCC1. The predicted molar refractivity (Wildman–Crippen MR) is 141 cm³/mol. The van der Waals surface area contributed by atoms with Gasteiger partial charge in [-0.05, 0) is 60.4 Å². The molecule has 4 aromatic rings. The number of hydrogen-bond acceptors (Lipinski definition) is 5. The van der Waals surface area contributed by atoms with Crippen molar-refractivity contribution in [2.24, 2.45) is 0 Å². The van der Waals surface area contributed by atoms with Crippen LogP contribution in [0.4, 0.5) is 0 Å². The second-order valence-corrected chi connectivity index (χ2v) is 9.81. The van der Waals surface area contributed by atoms with Gasteiger partial charge in [-0.3, -0.25) is 19.4 Å². The Morgan fingerprint density at radius 2 is 1.62 bits per heavy atom. The van der Waals surface area contributed by atoms with E-state index in [1.54, 1.807) is 12.4 Å². The van der Waals surface area contributed by atoms with Gasteiger partial charge >= 0.3 is 0 Å². The maximum atomic E-state index is 13.5. The third-order valence-electron chi connectivity index (χ3n) is 7.17. The topological polar surface area (TPSA) is 63.5 Å². The van der Waals surface area contributed by atoms with Gasteiger partial charge in [-0.2, -0.15) is 5.10 Å². The molecule has 6 rings (SSSR count). The largest absolute Gasteiger partial charge is 0.457 e. The van der Waals surface area contributed by atoms with Crippen LogP contribution in [0.2, 0.25) is 0 Å². The molecule has 0 saturated carbocycles. The van der Waals surface area contributed by atoms with Gasteiger partial charge in [0.2, 0.25) is 0 Å². The van der Waals surface area contributed by atoms with Crippen LogP contribution >= 0.6 is 0 Å². The summed E-state index contributed by atoms with van der Waals surface area (Å²) >= 11 is 0. The molecule has 0 spiro atoms. The van der Waals surface area contributed by atoms with E-state index in [4.69, 9.17) is 9.84 Å². The molecule has 1 amide bonds. The number of benzene rings is 2. The van der Waals surface area contributed by atoms with Gasteiger partial charge < -0.3 is 9.64 Å². The maximum Gasteiger partial charge on any atom is 0.274 e. The Balaban J connectivity index is 1.23. The summed E-state index contributed by atoms with van der Waals surface area (Å²) in [7, 11) is 0. The minimum Gasteiger partial charge on any atom is -0.457 e. The van der Waals surface area contributed by atoms with Gasteiger partial charge in [0.05, 0.1) is 6.54 Å². The number of nitrogens with zero attached hydrogens (tertiary/aromatic N) is 5. The van der Waals surface area contributed by atoms with Crippen LogP contribution in [0.25, 0.3) is 0 Å². The minimum absolute atomic E-state index is 0.0716. The standard InChI is InChI=1S/C30H31N5O2/c36-30(34-16-4-5-17-34)29-27-22-33(18-13-28(27)35(32-29)21-23-11-14-31-15-12-23)20-24-7-6-10-26(19-24)37-25-8-2-1-3-9-25/h1-3,6-12,14-15,19H,4-5,13,16-18,20-22H2. The molecular formula is C30H31N5O2. The lowest BCUT2D eigenvalue weighted by atomic mass is 10.0. The predicted octanol–water partition coefficient (Wildman–Crippen LogP) is 4.91. The number of carbonyl (C=O) groups excluding carboxylic acids is 1. The third kappa shape index (κ3) is 5.27. The zero-order valence-electron chi connectivity index (χ0n) is 20.9. The van der Waals surface area contributed by atoms with Crippen LogP contribution in [-0.2, 0) is 26.1 Å². The minimum atomic E-state index is 0.0716.